The predicted octanol–water partition coefficient (Wildman–Crippen LogP) is 4.17. The van der Waals surface area contributed by atoms with Crippen LogP contribution in [0, 0.1) is 0 Å². The van der Waals surface area contributed by atoms with Crippen LogP contribution in [0.5, 0.6) is 28.7 Å². The zero-order chi connectivity index (χ0) is 24.2. The number of carbonyl (C=O) groups excluding carboxylic acids is 1. The summed E-state index contributed by atoms with van der Waals surface area (Å²) in [6.07, 6.45) is 2.03. The van der Waals surface area contributed by atoms with Gasteiger partial charge in [-0.05, 0) is 29.8 Å². The summed E-state index contributed by atoms with van der Waals surface area (Å²) in [6.45, 7) is 1.21. The van der Waals surface area contributed by atoms with E-state index in [0.29, 0.717) is 47.5 Å². The van der Waals surface area contributed by atoms with Crippen molar-refractivity contribution in [3.8, 4) is 28.7 Å². The molecule has 0 aliphatic carbocycles. The first kappa shape index (κ1) is 23.2. The number of methoxy groups -OCH3 is 5. The molecule has 34 heavy (non-hydrogen) atoms. The van der Waals surface area contributed by atoms with Crippen molar-refractivity contribution in [2.24, 2.45) is 0 Å². The Kier molecular flexibility index (Phi) is 6.72. The van der Waals surface area contributed by atoms with Crippen molar-refractivity contribution in [2.45, 2.75) is 12.6 Å². The zero-order valence-corrected chi connectivity index (χ0v) is 20.0. The zero-order valence-electron chi connectivity index (χ0n) is 20.0. The molecule has 0 saturated heterocycles. The first-order valence-corrected chi connectivity index (χ1v) is 10.8. The molecular formula is C25H29N3O6. The van der Waals surface area contributed by atoms with Gasteiger partial charge < -0.3 is 38.5 Å². The van der Waals surface area contributed by atoms with Crippen molar-refractivity contribution < 1.29 is 28.5 Å². The molecule has 9 heteroatoms. The number of nitrogens with one attached hydrogen (secondary N) is 1. The third kappa shape index (κ3) is 4.16. The predicted molar refractivity (Wildman–Crippen MR) is 128 cm³/mol. The molecule has 2 aromatic carbocycles. The lowest BCUT2D eigenvalue weighted by molar-refractivity contribution is 0.181. The van der Waals surface area contributed by atoms with Gasteiger partial charge >= 0.3 is 6.03 Å². The van der Waals surface area contributed by atoms with Gasteiger partial charge in [0, 0.05) is 37.1 Å². The molecule has 0 radical (unpaired) electrons. The minimum atomic E-state index is -0.314. The van der Waals surface area contributed by atoms with Gasteiger partial charge in [-0.2, -0.15) is 0 Å². The minimum absolute atomic E-state index is 0.249. The van der Waals surface area contributed by atoms with Gasteiger partial charge in [-0.1, -0.05) is 6.07 Å². The van der Waals surface area contributed by atoms with Crippen molar-refractivity contribution in [1.29, 1.82) is 0 Å². The Labute approximate surface area is 198 Å². The largest absolute Gasteiger partial charge is 0.493 e. The minimum Gasteiger partial charge on any atom is -0.493 e. The molecular weight excluding hydrogens is 438 g/mol. The molecule has 3 aromatic rings. The number of urea groups is 1. The summed E-state index contributed by atoms with van der Waals surface area (Å²) in [5.41, 5.74) is 2.46. The third-order valence-corrected chi connectivity index (χ3v) is 5.94. The molecule has 1 aliphatic heterocycles. The number of hydrogen-bond acceptors (Lipinski definition) is 6. The van der Waals surface area contributed by atoms with Crippen LogP contribution in [-0.4, -0.2) is 57.6 Å². The Morgan fingerprint density at radius 1 is 0.824 bits per heavy atom. The summed E-state index contributed by atoms with van der Waals surface area (Å²) in [6, 6.07) is 12.6. The Hall–Kier alpha value is -4.01. The molecule has 0 fully saturated rings. The van der Waals surface area contributed by atoms with E-state index in [2.05, 4.69) is 9.88 Å². The highest BCUT2D eigenvalue weighted by Crippen LogP contribution is 2.41. The number of nitrogens with zero attached hydrogens (tertiary/aromatic N) is 2. The summed E-state index contributed by atoms with van der Waals surface area (Å²) in [5.74, 6) is 2.61. The van der Waals surface area contributed by atoms with Crippen LogP contribution >= 0.6 is 0 Å². The second-order valence-corrected chi connectivity index (χ2v) is 7.68. The first-order chi connectivity index (χ1) is 16.5. The molecule has 2 amide bonds. The standard InChI is InChI=1S/C25H29N3O6/c1-30-19-9-8-16(13-20(19)31-2)23-18-7-6-10-27(18)11-12-28(23)25(29)26-17-14-21(32-3)24(34-5)22(15-17)33-4/h6-10,13-15,23H,11-12H2,1-5H3,(H,26,29)/t23-/m1/s1. The summed E-state index contributed by atoms with van der Waals surface area (Å²) >= 11 is 0. The van der Waals surface area contributed by atoms with Crippen LogP contribution in [0.4, 0.5) is 10.5 Å². The van der Waals surface area contributed by atoms with Crippen LogP contribution in [-0.2, 0) is 6.54 Å². The van der Waals surface area contributed by atoms with Crippen LogP contribution in [0.1, 0.15) is 17.3 Å². The normalized spacial score (nSPS) is 14.7. The van der Waals surface area contributed by atoms with Gasteiger partial charge in [0.15, 0.2) is 23.0 Å². The molecule has 1 aromatic heterocycles. The van der Waals surface area contributed by atoms with Crippen LogP contribution < -0.4 is 29.0 Å². The maximum atomic E-state index is 13.6. The van der Waals surface area contributed by atoms with Crippen LogP contribution in [0.3, 0.4) is 0 Å². The highest BCUT2D eigenvalue weighted by atomic mass is 16.5. The lowest BCUT2D eigenvalue weighted by Gasteiger charge is -2.37. The van der Waals surface area contributed by atoms with Crippen molar-refractivity contribution in [1.82, 2.24) is 9.47 Å². The third-order valence-electron chi connectivity index (χ3n) is 5.94. The molecule has 4 rings (SSSR count). The van der Waals surface area contributed by atoms with Gasteiger partial charge in [0.1, 0.15) is 0 Å². The van der Waals surface area contributed by atoms with E-state index in [0.717, 1.165) is 11.3 Å². The fourth-order valence-electron chi connectivity index (χ4n) is 4.32. The highest BCUT2D eigenvalue weighted by Gasteiger charge is 2.33. The summed E-state index contributed by atoms with van der Waals surface area (Å²) in [5, 5.41) is 2.99. The maximum absolute atomic E-state index is 13.6. The Morgan fingerprint density at radius 3 is 2.12 bits per heavy atom. The number of anilines is 1. The van der Waals surface area contributed by atoms with Gasteiger partial charge in [0.05, 0.1) is 47.3 Å². The summed E-state index contributed by atoms with van der Waals surface area (Å²) in [4.78, 5) is 15.4. The van der Waals surface area contributed by atoms with E-state index in [1.165, 1.54) is 21.3 Å². The van der Waals surface area contributed by atoms with E-state index in [1.54, 1.807) is 31.3 Å². The number of fused-ring (bicyclic) bond motifs is 1. The van der Waals surface area contributed by atoms with E-state index in [4.69, 9.17) is 23.7 Å². The fourth-order valence-corrected chi connectivity index (χ4v) is 4.32. The van der Waals surface area contributed by atoms with Gasteiger partial charge in [-0.3, -0.25) is 0 Å². The van der Waals surface area contributed by atoms with Crippen LogP contribution in [0.15, 0.2) is 48.7 Å². The molecule has 0 spiro atoms. The number of ether oxygens (including phenoxy) is 5. The molecule has 180 valence electrons. The number of hydrogen-bond donors (Lipinski definition) is 1. The van der Waals surface area contributed by atoms with Crippen molar-refractivity contribution in [3.05, 3.63) is 59.9 Å². The van der Waals surface area contributed by atoms with Gasteiger partial charge in [-0.25, -0.2) is 4.79 Å². The molecule has 0 bridgehead atoms. The number of amides is 2. The first-order valence-electron chi connectivity index (χ1n) is 10.8. The second kappa shape index (κ2) is 9.86. The van der Waals surface area contributed by atoms with Gasteiger partial charge in [0.25, 0.3) is 0 Å². The van der Waals surface area contributed by atoms with Crippen LogP contribution in [0.2, 0.25) is 0 Å². The molecule has 0 unspecified atom stereocenters. The number of rotatable bonds is 7. The SMILES string of the molecule is COc1ccc([C@@H]2c3cccn3CCN2C(=O)Nc2cc(OC)c(OC)c(OC)c2)cc1OC. The molecule has 1 atom stereocenters. The molecule has 1 N–H and O–H groups in total. The molecule has 1 aliphatic rings. The van der Waals surface area contributed by atoms with E-state index in [9.17, 15) is 4.79 Å². The number of aromatic nitrogens is 1. The average molecular weight is 468 g/mol. The van der Waals surface area contributed by atoms with Crippen molar-refractivity contribution >= 4 is 11.7 Å². The van der Waals surface area contributed by atoms with Crippen molar-refractivity contribution in [2.75, 3.05) is 47.4 Å². The average Bonchev–Trinajstić information content (AvgIpc) is 3.35. The lowest BCUT2D eigenvalue weighted by atomic mass is 9.99. The van der Waals surface area contributed by atoms with E-state index < -0.39 is 0 Å². The number of benzene rings is 2. The summed E-state index contributed by atoms with van der Waals surface area (Å²) < 4.78 is 29.3. The monoisotopic (exact) mass is 467 g/mol. The fraction of sp³-hybridized carbons (Fsp3) is 0.320. The molecule has 2 heterocycles. The maximum Gasteiger partial charge on any atom is 0.322 e. The lowest BCUT2D eigenvalue weighted by Crippen LogP contribution is -2.44. The smallest absolute Gasteiger partial charge is 0.322 e. The molecule has 0 saturated carbocycles. The van der Waals surface area contributed by atoms with E-state index in [-0.39, 0.29) is 12.1 Å². The van der Waals surface area contributed by atoms with Gasteiger partial charge in [-0.15, -0.1) is 0 Å². The van der Waals surface area contributed by atoms with E-state index in [1.807, 2.05) is 36.5 Å². The Balaban J connectivity index is 1.70. The highest BCUT2D eigenvalue weighted by molar-refractivity contribution is 5.91. The quantitative estimate of drug-likeness (QED) is 0.562. The van der Waals surface area contributed by atoms with E-state index >= 15 is 0 Å². The Bertz CT molecular complexity index is 1150. The van der Waals surface area contributed by atoms with Crippen molar-refractivity contribution in [3.63, 3.8) is 0 Å². The topological polar surface area (TPSA) is 83.4 Å². The second-order valence-electron chi connectivity index (χ2n) is 7.68. The van der Waals surface area contributed by atoms with Gasteiger partial charge in [0.2, 0.25) is 5.75 Å². The number of carbonyl (C=O) groups is 1. The molecule has 9 nitrogen and oxygen atoms in total. The van der Waals surface area contributed by atoms with Crippen LogP contribution in [0.25, 0.3) is 0 Å². The summed E-state index contributed by atoms with van der Waals surface area (Å²) in [7, 11) is 7.80. The Morgan fingerprint density at radius 2 is 1.50 bits per heavy atom.